The average molecular weight is 1140 g/mol. The van der Waals surface area contributed by atoms with E-state index in [4.69, 9.17) is 8.75 Å². The largest absolute Gasteiger partial charge is 0.311 e. The van der Waals surface area contributed by atoms with Crippen LogP contribution in [0.1, 0.15) is 43.1 Å². The summed E-state index contributed by atoms with van der Waals surface area (Å²) in [4.78, 5) is 8.11. The molecule has 0 spiro atoms. The summed E-state index contributed by atoms with van der Waals surface area (Å²) in [6.07, 6.45) is 0. The first kappa shape index (κ1) is 52.8. The van der Waals surface area contributed by atoms with Gasteiger partial charge >= 0.3 is 0 Å². The fourth-order valence-electron chi connectivity index (χ4n) is 11.5. The molecule has 11 aromatic carbocycles. The third kappa shape index (κ3) is 10.9. The molecule has 0 saturated heterocycles. The molecule has 0 radical (unpaired) electrons. The highest BCUT2D eigenvalue weighted by molar-refractivity contribution is 7.17. The number of anilines is 6. The highest BCUT2D eigenvalue weighted by Crippen LogP contribution is 2.47. The maximum absolute atomic E-state index is 5.04. The molecular formula is C78H54N4S3. The quantitative estimate of drug-likeness (QED) is 0.0903. The molecule has 14 aromatic rings. The molecule has 0 aliphatic carbocycles. The molecule has 0 bridgehead atoms. The van der Waals surface area contributed by atoms with E-state index >= 15 is 0 Å². The zero-order valence-electron chi connectivity index (χ0n) is 46.2. The number of aromatic nitrogens is 2. The van der Waals surface area contributed by atoms with E-state index in [-0.39, 0.29) is 0 Å². The molecule has 0 atom stereocenters. The molecule has 14 rings (SSSR count). The molecule has 0 aliphatic heterocycles. The van der Waals surface area contributed by atoms with Crippen LogP contribution in [0.15, 0.2) is 327 Å². The minimum Gasteiger partial charge on any atom is -0.311 e. The lowest BCUT2D eigenvalue weighted by Crippen LogP contribution is -2.10. The minimum atomic E-state index is 0.897. The number of thiophene rings is 2. The van der Waals surface area contributed by atoms with Gasteiger partial charge in [0.1, 0.15) is 11.0 Å². The third-order valence-corrected chi connectivity index (χ3v) is 17.9. The molecule has 4 nitrogen and oxygen atoms in total. The van der Waals surface area contributed by atoms with Gasteiger partial charge < -0.3 is 9.80 Å². The fraction of sp³-hybridized carbons (Fsp3) is 0. The van der Waals surface area contributed by atoms with Crippen LogP contribution in [-0.4, -0.2) is 8.75 Å². The van der Waals surface area contributed by atoms with Crippen LogP contribution in [0.5, 0.6) is 0 Å². The Bertz CT molecular complexity index is 4320. The van der Waals surface area contributed by atoms with Crippen LogP contribution in [0.2, 0.25) is 0 Å². The van der Waals surface area contributed by atoms with Gasteiger partial charge in [0, 0.05) is 65.5 Å². The maximum Gasteiger partial charge on any atom is 0.114 e. The van der Waals surface area contributed by atoms with Crippen LogP contribution in [0, 0.1) is 0 Å². The number of hydrogen-bond donors (Lipinski definition) is 0. The van der Waals surface area contributed by atoms with E-state index in [9.17, 15) is 0 Å². The maximum atomic E-state index is 5.04. The van der Waals surface area contributed by atoms with Gasteiger partial charge in [-0.2, -0.15) is 8.75 Å². The fourth-order valence-corrected chi connectivity index (χ4v) is 14.0. The summed E-state index contributed by atoms with van der Waals surface area (Å²) in [6.45, 7) is 0. The van der Waals surface area contributed by atoms with Crippen molar-refractivity contribution < 1.29 is 0 Å². The van der Waals surface area contributed by atoms with Gasteiger partial charge in [0.15, 0.2) is 0 Å². The third-order valence-electron chi connectivity index (χ3n) is 15.4. The molecule has 0 saturated carbocycles. The van der Waals surface area contributed by atoms with Crippen LogP contribution in [-0.2, 0) is 0 Å². The normalized spacial score (nSPS) is 11.1. The first-order chi connectivity index (χ1) is 42.2. The van der Waals surface area contributed by atoms with Crippen LogP contribution < -0.4 is 9.80 Å². The van der Waals surface area contributed by atoms with Crippen LogP contribution >= 0.6 is 34.4 Å². The molecule has 3 aromatic heterocycles. The molecule has 0 N–H and O–H groups in total. The van der Waals surface area contributed by atoms with E-state index in [2.05, 4.69) is 337 Å². The standard InChI is InChI=1S/C78H54N4S3/c1-8-23-56(24-9-1)73(57-25-10-2-11-26-57)74(58-27-12-3-13-28-58)59-40-38-55(39-41-59)68-50-51-69(78-77(68)79-85-80-78)70-52-53-72(84-70)76(71-37-22-54-83-71)75(60-42-46-66(47-43-60)81(62-29-14-4-15-30-62)63-31-16-5-17-32-63)61-44-48-67(49-45-61)82(64-33-18-6-19-34-64)65-35-20-7-21-36-65/h1-54H. The van der Waals surface area contributed by atoms with Gasteiger partial charge in [-0.15, -0.1) is 22.7 Å². The van der Waals surface area contributed by atoms with E-state index in [1.807, 2.05) is 0 Å². The average Bonchev–Trinajstić information content (AvgIpc) is 4.24. The summed E-state index contributed by atoms with van der Waals surface area (Å²) >= 11 is 4.84. The topological polar surface area (TPSA) is 32.3 Å². The Morgan fingerprint density at radius 1 is 0.259 bits per heavy atom. The molecule has 0 amide bonds. The number of fused-ring (bicyclic) bond motifs is 1. The summed E-state index contributed by atoms with van der Waals surface area (Å²) in [5.41, 5.74) is 23.1. The number of hydrogen-bond acceptors (Lipinski definition) is 7. The first-order valence-electron chi connectivity index (χ1n) is 28.4. The van der Waals surface area contributed by atoms with Crippen molar-refractivity contribution in [1.82, 2.24) is 8.75 Å². The van der Waals surface area contributed by atoms with E-state index in [0.29, 0.717) is 0 Å². The van der Waals surface area contributed by atoms with Gasteiger partial charge in [0.25, 0.3) is 0 Å². The van der Waals surface area contributed by atoms with Crippen molar-refractivity contribution in [3.8, 4) is 21.6 Å². The summed E-state index contributed by atoms with van der Waals surface area (Å²) in [5, 5.41) is 2.18. The van der Waals surface area contributed by atoms with Gasteiger partial charge in [-0.05, 0) is 152 Å². The molecule has 404 valence electrons. The Hall–Kier alpha value is -10.3. The smallest absolute Gasteiger partial charge is 0.114 e. The lowest BCUT2D eigenvalue weighted by atomic mass is 9.85. The first-order valence-corrected chi connectivity index (χ1v) is 30.8. The van der Waals surface area contributed by atoms with Gasteiger partial charge in [-0.3, -0.25) is 0 Å². The van der Waals surface area contributed by atoms with Gasteiger partial charge in [-0.25, -0.2) is 0 Å². The lowest BCUT2D eigenvalue weighted by molar-refractivity contribution is 1.28. The number of benzene rings is 11. The number of para-hydroxylation sites is 4. The van der Waals surface area contributed by atoms with Crippen LogP contribution in [0.25, 0.3) is 54.9 Å². The Labute approximate surface area is 508 Å². The minimum absolute atomic E-state index is 0.897. The Morgan fingerprint density at radius 3 is 1.00 bits per heavy atom. The van der Waals surface area contributed by atoms with Gasteiger partial charge in [-0.1, -0.05) is 231 Å². The van der Waals surface area contributed by atoms with Crippen molar-refractivity contribution >= 4 is 102 Å². The summed E-state index contributed by atoms with van der Waals surface area (Å²) < 4.78 is 10.0. The molecule has 0 fully saturated rings. The van der Waals surface area contributed by atoms with Crippen LogP contribution in [0.4, 0.5) is 34.1 Å². The van der Waals surface area contributed by atoms with Crippen molar-refractivity contribution in [2.24, 2.45) is 0 Å². The van der Waals surface area contributed by atoms with Gasteiger partial charge in [0.2, 0.25) is 0 Å². The predicted molar refractivity (Wildman–Crippen MR) is 362 cm³/mol. The summed E-state index contributed by atoms with van der Waals surface area (Å²) in [6, 6.07) is 115. The van der Waals surface area contributed by atoms with E-state index in [1.54, 1.807) is 22.7 Å². The SMILES string of the molecule is c1ccc(C(=C(c2ccccc2)c2ccc(-c3ccc(-c4ccc(C(=C(c5ccc(N(c6ccccc6)c6ccccc6)cc5)c5ccc(N(c6ccccc6)c6ccccc6)cc5)c5cccs5)s4)c4nsnc34)cc2)c2ccccc2)cc1. The summed E-state index contributed by atoms with van der Waals surface area (Å²) in [5.74, 6) is 0. The molecule has 0 unspecified atom stereocenters. The molecule has 85 heavy (non-hydrogen) atoms. The predicted octanol–water partition coefficient (Wildman–Crippen LogP) is 22.1. The number of nitrogens with zero attached hydrogens (tertiary/aromatic N) is 4. The Balaban J connectivity index is 0.876. The highest BCUT2D eigenvalue weighted by atomic mass is 32.1. The molecule has 3 heterocycles. The van der Waals surface area contributed by atoms with E-state index in [1.165, 1.54) is 44.5 Å². The molecule has 0 aliphatic rings. The van der Waals surface area contributed by atoms with Gasteiger partial charge in [0.05, 0.1) is 11.7 Å². The Kier molecular flexibility index (Phi) is 15.1. The van der Waals surface area contributed by atoms with Crippen LogP contribution in [0.3, 0.4) is 0 Å². The number of rotatable bonds is 16. The second kappa shape index (κ2) is 24.3. The second-order valence-corrected chi connectivity index (χ2v) is 23.1. The Morgan fingerprint density at radius 2 is 0.600 bits per heavy atom. The van der Waals surface area contributed by atoms with E-state index in [0.717, 1.165) is 99.4 Å². The van der Waals surface area contributed by atoms with Crippen molar-refractivity contribution in [2.45, 2.75) is 0 Å². The summed E-state index contributed by atoms with van der Waals surface area (Å²) in [7, 11) is 0. The zero-order valence-corrected chi connectivity index (χ0v) is 48.6. The lowest BCUT2D eigenvalue weighted by Gasteiger charge is -2.26. The monoisotopic (exact) mass is 1140 g/mol. The van der Waals surface area contributed by atoms with Crippen molar-refractivity contribution in [2.75, 3.05) is 9.80 Å². The van der Waals surface area contributed by atoms with Crippen molar-refractivity contribution in [3.05, 3.63) is 370 Å². The van der Waals surface area contributed by atoms with Crippen molar-refractivity contribution in [3.63, 3.8) is 0 Å². The zero-order chi connectivity index (χ0) is 56.7. The molecular weight excluding hydrogens is 1090 g/mol. The van der Waals surface area contributed by atoms with E-state index < -0.39 is 0 Å². The highest BCUT2D eigenvalue weighted by Gasteiger charge is 2.24. The van der Waals surface area contributed by atoms with Crippen molar-refractivity contribution in [1.29, 1.82) is 0 Å². The molecule has 7 heteroatoms. The second-order valence-electron chi connectivity index (χ2n) is 20.5.